The van der Waals surface area contributed by atoms with Gasteiger partial charge in [-0.2, -0.15) is 0 Å². The Kier molecular flexibility index (Phi) is 6.86. The molecule has 0 aliphatic carbocycles. The van der Waals surface area contributed by atoms with Crippen molar-refractivity contribution in [3.05, 3.63) is 108 Å². The van der Waals surface area contributed by atoms with Gasteiger partial charge in [-0.25, -0.2) is 9.79 Å². The lowest BCUT2D eigenvalue weighted by Gasteiger charge is -2.41. The zero-order valence-electron chi connectivity index (χ0n) is 19.9. The summed E-state index contributed by atoms with van der Waals surface area (Å²) in [5.74, 6) is -0.108. The van der Waals surface area contributed by atoms with E-state index in [-0.39, 0.29) is 30.0 Å². The van der Waals surface area contributed by atoms with Gasteiger partial charge in [0, 0.05) is 19.2 Å². The maximum absolute atomic E-state index is 13.8. The van der Waals surface area contributed by atoms with Gasteiger partial charge in [-0.15, -0.1) is 0 Å². The van der Waals surface area contributed by atoms with E-state index in [4.69, 9.17) is 4.99 Å². The average Bonchev–Trinajstić information content (AvgIpc) is 3.28. The number of rotatable bonds is 7. The number of Topliss-reactive ketones (excluding diaryl/α,β-unsaturated/α-hetero) is 1. The van der Waals surface area contributed by atoms with Gasteiger partial charge in [0.05, 0.1) is 12.3 Å². The lowest BCUT2D eigenvalue weighted by Crippen LogP contribution is -2.64. The molecule has 36 heavy (non-hydrogen) atoms. The molecule has 2 aliphatic rings. The van der Waals surface area contributed by atoms with E-state index in [1.54, 1.807) is 19.2 Å². The summed E-state index contributed by atoms with van der Waals surface area (Å²) in [5, 5.41) is 0.590. The van der Waals surface area contributed by atoms with Gasteiger partial charge < -0.3 is 9.80 Å². The summed E-state index contributed by atoms with van der Waals surface area (Å²) < 4.78 is 0. The Hall–Kier alpha value is -3.91. The summed E-state index contributed by atoms with van der Waals surface area (Å²) in [7, 11) is 1.68. The van der Waals surface area contributed by atoms with Crippen molar-refractivity contribution in [3.8, 4) is 0 Å². The van der Waals surface area contributed by atoms with Crippen LogP contribution < -0.4 is 0 Å². The van der Waals surface area contributed by atoms with Gasteiger partial charge >= 0.3 is 6.03 Å². The second-order valence-corrected chi connectivity index (χ2v) is 9.71. The predicted octanol–water partition coefficient (Wildman–Crippen LogP) is 4.26. The summed E-state index contributed by atoms with van der Waals surface area (Å²) in [5.41, 5.74) is 2.53. The molecule has 1 saturated heterocycles. The normalized spacial score (nSPS) is 19.4. The third kappa shape index (κ3) is 4.77. The number of hydrogen-bond donors (Lipinski definition) is 0. The molecule has 5 rings (SSSR count). The van der Waals surface area contributed by atoms with Crippen molar-refractivity contribution in [2.24, 2.45) is 4.99 Å². The molecule has 3 aromatic rings. The third-order valence-electron chi connectivity index (χ3n) is 6.36. The Morgan fingerprint density at radius 3 is 2.00 bits per heavy atom. The van der Waals surface area contributed by atoms with E-state index in [0.29, 0.717) is 17.3 Å². The molecule has 0 N–H and O–H groups in total. The number of imide groups is 1. The van der Waals surface area contributed by atoms with Crippen molar-refractivity contribution in [1.29, 1.82) is 0 Å². The minimum absolute atomic E-state index is 0.0145. The van der Waals surface area contributed by atoms with Crippen LogP contribution in [0, 0.1) is 0 Å². The standard InChI is InChI=1S/C28H26N4O3S/c1-30-25-24(26(34)32(28(30)35)18-21-13-7-3-8-14-21)31(17-20-11-5-2-6-12-20)27(29-25)36-19-23(33)22-15-9-4-10-16-22/h2-16,24-25H,17-19H2,1H3. The molecule has 0 radical (unpaired) electrons. The largest absolute Gasteiger partial charge is 0.331 e. The van der Waals surface area contributed by atoms with Gasteiger partial charge in [0.15, 0.2) is 23.2 Å². The van der Waals surface area contributed by atoms with Crippen LogP contribution in [0.25, 0.3) is 0 Å². The van der Waals surface area contributed by atoms with Crippen molar-refractivity contribution in [1.82, 2.24) is 14.7 Å². The van der Waals surface area contributed by atoms with Crippen LogP contribution in [0.15, 0.2) is 96.0 Å². The van der Waals surface area contributed by atoms with Crippen LogP contribution >= 0.6 is 11.8 Å². The minimum atomic E-state index is -0.661. The minimum Gasteiger partial charge on any atom is -0.331 e. The van der Waals surface area contributed by atoms with Crippen molar-refractivity contribution in [2.45, 2.75) is 25.3 Å². The summed E-state index contributed by atoms with van der Waals surface area (Å²) in [6.07, 6.45) is -0.643. The highest BCUT2D eigenvalue weighted by atomic mass is 32.2. The monoisotopic (exact) mass is 498 g/mol. The van der Waals surface area contributed by atoms with E-state index < -0.39 is 12.2 Å². The van der Waals surface area contributed by atoms with Crippen LogP contribution in [0.2, 0.25) is 0 Å². The number of fused-ring (bicyclic) bond motifs is 1. The molecule has 2 unspecified atom stereocenters. The highest BCUT2D eigenvalue weighted by molar-refractivity contribution is 8.14. The summed E-state index contributed by atoms with van der Waals surface area (Å²) in [4.78, 5) is 49.3. The molecule has 3 amide bonds. The zero-order chi connectivity index (χ0) is 25.1. The molecule has 2 aliphatic heterocycles. The molecule has 1 fully saturated rings. The first-order chi connectivity index (χ1) is 17.5. The highest BCUT2D eigenvalue weighted by Crippen LogP contribution is 2.33. The fourth-order valence-corrected chi connectivity index (χ4v) is 5.42. The Bertz CT molecular complexity index is 1280. The Balaban J connectivity index is 1.42. The van der Waals surface area contributed by atoms with E-state index in [1.165, 1.54) is 21.6 Å². The van der Waals surface area contributed by atoms with Gasteiger partial charge in [-0.1, -0.05) is 103 Å². The van der Waals surface area contributed by atoms with Gasteiger partial charge in [0.25, 0.3) is 5.91 Å². The summed E-state index contributed by atoms with van der Waals surface area (Å²) in [6.45, 7) is 0.639. The lowest BCUT2D eigenvalue weighted by molar-refractivity contribution is -0.138. The molecule has 0 saturated carbocycles. The SMILES string of the molecule is CN1C(=O)N(Cc2ccccc2)C(=O)C2C1N=C(SCC(=O)c1ccccc1)N2Cc1ccccc1. The lowest BCUT2D eigenvalue weighted by atomic mass is 10.1. The van der Waals surface area contributed by atoms with Crippen LogP contribution in [-0.4, -0.2) is 62.6 Å². The number of likely N-dealkylation sites (N-methyl/N-ethyl adjacent to an activating group) is 1. The van der Waals surface area contributed by atoms with Crippen molar-refractivity contribution < 1.29 is 14.4 Å². The number of amides is 3. The third-order valence-corrected chi connectivity index (χ3v) is 7.37. The Labute approximate surface area is 214 Å². The van der Waals surface area contributed by atoms with E-state index in [0.717, 1.165) is 11.1 Å². The number of hydrogen-bond acceptors (Lipinski definition) is 6. The fraction of sp³-hybridized carbons (Fsp3) is 0.214. The molecule has 182 valence electrons. The number of thioether (sulfide) groups is 1. The first-order valence-electron chi connectivity index (χ1n) is 11.7. The smallest absolute Gasteiger partial charge is 0.328 e. The van der Waals surface area contributed by atoms with E-state index in [9.17, 15) is 14.4 Å². The van der Waals surface area contributed by atoms with Crippen molar-refractivity contribution >= 4 is 34.7 Å². The molecular weight excluding hydrogens is 472 g/mol. The topological polar surface area (TPSA) is 73.3 Å². The number of carbonyl (C=O) groups is 3. The number of aliphatic imine (C=N–C) groups is 1. The number of urea groups is 1. The molecule has 8 heteroatoms. The molecular formula is C28H26N4O3S. The quantitative estimate of drug-likeness (QED) is 0.455. The molecule has 0 aromatic heterocycles. The van der Waals surface area contributed by atoms with Crippen molar-refractivity contribution in [3.63, 3.8) is 0 Å². The van der Waals surface area contributed by atoms with Crippen LogP contribution in [0.4, 0.5) is 4.79 Å². The highest BCUT2D eigenvalue weighted by Gasteiger charge is 2.52. The van der Waals surface area contributed by atoms with Gasteiger partial charge in [0.1, 0.15) is 0 Å². The molecule has 0 spiro atoms. The maximum atomic E-state index is 13.8. The van der Waals surface area contributed by atoms with E-state index in [2.05, 4.69) is 0 Å². The summed E-state index contributed by atoms with van der Waals surface area (Å²) in [6, 6.07) is 27.4. The van der Waals surface area contributed by atoms with Crippen LogP contribution in [-0.2, 0) is 17.9 Å². The number of carbonyl (C=O) groups excluding carboxylic acids is 3. The number of amidine groups is 1. The number of nitrogens with zero attached hydrogens (tertiary/aromatic N) is 4. The number of benzene rings is 3. The fourth-order valence-electron chi connectivity index (χ4n) is 4.47. The molecule has 2 heterocycles. The van der Waals surface area contributed by atoms with Crippen LogP contribution in [0.1, 0.15) is 21.5 Å². The maximum Gasteiger partial charge on any atom is 0.328 e. The van der Waals surface area contributed by atoms with Crippen LogP contribution in [0.3, 0.4) is 0 Å². The second kappa shape index (κ2) is 10.4. The van der Waals surface area contributed by atoms with E-state index in [1.807, 2.05) is 83.8 Å². The zero-order valence-corrected chi connectivity index (χ0v) is 20.7. The first kappa shape index (κ1) is 23.8. The van der Waals surface area contributed by atoms with Crippen LogP contribution in [0.5, 0.6) is 0 Å². The molecule has 2 atom stereocenters. The Morgan fingerprint density at radius 1 is 0.833 bits per heavy atom. The van der Waals surface area contributed by atoms with E-state index >= 15 is 0 Å². The first-order valence-corrected chi connectivity index (χ1v) is 12.7. The van der Waals surface area contributed by atoms with Gasteiger partial charge in [0.2, 0.25) is 0 Å². The number of ketones is 1. The molecule has 3 aromatic carbocycles. The second-order valence-electron chi connectivity index (χ2n) is 8.76. The van der Waals surface area contributed by atoms with Gasteiger partial charge in [-0.3, -0.25) is 14.5 Å². The summed E-state index contributed by atoms with van der Waals surface area (Å²) >= 11 is 1.31. The molecule has 7 nitrogen and oxygen atoms in total. The average molecular weight is 499 g/mol. The van der Waals surface area contributed by atoms with Gasteiger partial charge in [-0.05, 0) is 11.1 Å². The molecule has 0 bridgehead atoms. The predicted molar refractivity (Wildman–Crippen MR) is 140 cm³/mol. The van der Waals surface area contributed by atoms with Crippen molar-refractivity contribution in [2.75, 3.05) is 12.8 Å². The Morgan fingerprint density at radius 2 is 1.39 bits per heavy atom.